The van der Waals surface area contributed by atoms with Gasteiger partial charge in [0.25, 0.3) is 0 Å². The van der Waals surface area contributed by atoms with Crippen molar-refractivity contribution in [1.29, 1.82) is 0 Å². The highest BCUT2D eigenvalue weighted by Crippen LogP contribution is 2.40. The first-order valence-electron chi connectivity index (χ1n) is 8.68. The van der Waals surface area contributed by atoms with Crippen LogP contribution in [0, 0.1) is 17.7 Å². The molecule has 3 atom stereocenters. The van der Waals surface area contributed by atoms with Crippen molar-refractivity contribution in [3.05, 3.63) is 35.6 Å². The molecular weight excluding hydrogens is 307 g/mol. The SMILES string of the molecule is CN1C[C@@H]2C[C@H](N(C)C(=O)CCc3cccc(F)c3)C[C@@H]2CC1=O. The molecule has 4 nitrogen and oxygen atoms in total. The molecule has 5 heteroatoms. The second-order valence-electron chi connectivity index (χ2n) is 7.26. The van der Waals surface area contributed by atoms with Gasteiger partial charge in [-0.3, -0.25) is 9.59 Å². The first-order chi connectivity index (χ1) is 11.4. The minimum Gasteiger partial charge on any atom is -0.345 e. The summed E-state index contributed by atoms with van der Waals surface area (Å²) in [6, 6.07) is 6.64. The predicted octanol–water partition coefficient (Wildman–Crippen LogP) is 2.47. The molecule has 130 valence electrons. The number of hydrogen-bond donors (Lipinski definition) is 0. The molecule has 0 N–H and O–H groups in total. The van der Waals surface area contributed by atoms with Crippen LogP contribution < -0.4 is 0 Å². The van der Waals surface area contributed by atoms with Crippen LogP contribution in [0.15, 0.2) is 24.3 Å². The second-order valence-corrected chi connectivity index (χ2v) is 7.26. The second kappa shape index (κ2) is 6.91. The van der Waals surface area contributed by atoms with E-state index in [0.717, 1.165) is 24.9 Å². The van der Waals surface area contributed by atoms with E-state index in [2.05, 4.69) is 0 Å². The van der Waals surface area contributed by atoms with E-state index in [1.165, 1.54) is 12.1 Å². The van der Waals surface area contributed by atoms with Crippen LogP contribution in [0.4, 0.5) is 4.39 Å². The van der Waals surface area contributed by atoms with Crippen molar-refractivity contribution < 1.29 is 14.0 Å². The molecule has 2 amide bonds. The summed E-state index contributed by atoms with van der Waals surface area (Å²) in [5.74, 6) is 0.981. The van der Waals surface area contributed by atoms with Gasteiger partial charge in [0.1, 0.15) is 5.82 Å². The van der Waals surface area contributed by atoms with Crippen molar-refractivity contribution in [3.63, 3.8) is 0 Å². The molecule has 1 aliphatic heterocycles. The molecule has 1 saturated heterocycles. The Morgan fingerprint density at radius 1 is 1.33 bits per heavy atom. The summed E-state index contributed by atoms with van der Waals surface area (Å²) in [6.45, 7) is 0.811. The van der Waals surface area contributed by atoms with Crippen LogP contribution >= 0.6 is 0 Å². The average molecular weight is 332 g/mol. The van der Waals surface area contributed by atoms with Gasteiger partial charge >= 0.3 is 0 Å². The Morgan fingerprint density at radius 2 is 2.08 bits per heavy atom. The van der Waals surface area contributed by atoms with Crippen molar-refractivity contribution in [1.82, 2.24) is 9.80 Å². The van der Waals surface area contributed by atoms with E-state index < -0.39 is 0 Å². The van der Waals surface area contributed by atoms with Crippen LogP contribution in [0.25, 0.3) is 0 Å². The Hall–Kier alpha value is -1.91. The van der Waals surface area contributed by atoms with Gasteiger partial charge in [-0.25, -0.2) is 4.39 Å². The lowest BCUT2D eigenvalue weighted by Crippen LogP contribution is -2.39. The molecule has 0 radical (unpaired) electrons. The number of hydrogen-bond acceptors (Lipinski definition) is 2. The maximum absolute atomic E-state index is 13.2. The summed E-state index contributed by atoms with van der Waals surface area (Å²) in [5.41, 5.74) is 0.851. The molecule has 0 unspecified atom stereocenters. The summed E-state index contributed by atoms with van der Waals surface area (Å²) in [6.07, 6.45) is 3.46. The fraction of sp³-hybridized carbons (Fsp3) is 0.579. The van der Waals surface area contributed by atoms with Crippen molar-refractivity contribution in [2.45, 2.75) is 38.1 Å². The van der Waals surface area contributed by atoms with Crippen LogP contribution in [0.5, 0.6) is 0 Å². The van der Waals surface area contributed by atoms with Crippen LogP contribution in [-0.4, -0.2) is 48.3 Å². The molecule has 1 aromatic carbocycles. The average Bonchev–Trinajstić information content (AvgIpc) is 2.95. The van der Waals surface area contributed by atoms with E-state index in [9.17, 15) is 14.0 Å². The Bertz CT molecular complexity index is 634. The highest BCUT2D eigenvalue weighted by Gasteiger charge is 2.42. The topological polar surface area (TPSA) is 40.6 Å². The number of rotatable bonds is 4. The summed E-state index contributed by atoms with van der Waals surface area (Å²) in [4.78, 5) is 28.0. The van der Waals surface area contributed by atoms with Crippen LogP contribution in [0.2, 0.25) is 0 Å². The number of halogens is 1. The molecule has 2 fully saturated rings. The lowest BCUT2D eigenvalue weighted by molar-refractivity contribution is -0.135. The molecule has 2 aliphatic rings. The number of fused-ring (bicyclic) bond motifs is 1. The third-order valence-electron chi connectivity index (χ3n) is 5.64. The molecule has 3 rings (SSSR count). The molecule has 0 bridgehead atoms. The number of carbonyl (C=O) groups excluding carboxylic acids is 2. The number of benzene rings is 1. The zero-order chi connectivity index (χ0) is 17.3. The van der Waals surface area contributed by atoms with Gasteiger partial charge in [0.15, 0.2) is 0 Å². The molecule has 24 heavy (non-hydrogen) atoms. The van der Waals surface area contributed by atoms with E-state index >= 15 is 0 Å². The van der Waals surface area contributed by atoms with Crippen molar-refractivity contribution in [2.24, 2.45) is 11.8 Å². The number of piperidine rings is 1. The van der Waals surface area contributed by atoms with Gasteiger partial charge in [-0.05, 0) is 48.8 Å². The van der Waals surface area contributed by atoms with Gasteiger partial charge in [0.2, 0.25) is 11.8 Å². The lowest BCUT2D eigenvalue weighted by atomic mass is 9.88. The summed E-state index contributed by atoms with van der Waals surface area (Å²) in [5, 5.41) is 0. The maximum atomic E-state index is 13.2. The third kappa shape index (κ3) is 3.60. The number of likely N-dealkylation sites (tertiary alicyclic amines) is 1. The fourth-order valence-electron chi connectivity index (χ4n) is 4.13. The Labute approximate surface area is 142 Å². The molecule has 1 aromatic rings. The van der Waals surface area contributed by atoms with Crippen molar-refractivity contribution in [3.8, 4) is 0 Å². The van der Waals surface area contributed by atoms with E-state index in [0.29, 0.717) is 31.1 Å². The molecule has 1 heterocycles. The van der Waals surface area contributed by atoms with Gasteiger partial charge in [-0.15, -0.1) is 0 Å². The largest absolute Gasteiger partial charge is 0.345 e. The highest BCUT2D eigenvalue weighted by atomic mass is 19.1. The van der Waals surface area contributed by atoms with Gasteiger partial charge in [-0.2, -0.15) is 0 Å². The molecule has 1 aliphatic carbocycles. The summed E-state index contributed by atoms with van der Waals surface area (Å²) < 4.78 is 13.2. The van der Waals surface area contributed by atoms with Crippen LogP contribution in [0.3, 0.4) is 0 Å². The quantitative estimate of drug-likeness (QED) is 0.850. The fourth-order valence-corrected chi connectivity index (χ4v) is 4.13. The Morgan fingerprint density at radius 3 is 2.83 bits per heavy atom. The number of nitrogens with zero attached hydrogens (tertiary/aromatic N) is 2. The summed E-state index contributed by atoms with van der Waals surface area (Å²) in [7, 11) is 3.72. The third-order valence-corrected chi connectivity index (χ3v) is 5.64. The maximum Gasteiger partial charge on any atom is 0.222 e. The van der Waals surface area contributed by atoms with Crippen molar-refractivity contribution >= 4 is 11.8 Å². The zero-order valence-electron chi connectivity index (χ0n) is 14.4. The zero-order valence-corrected chi connectivity index (χ0v) is 14.4. The van der Waals surface area contributed by atoms with E-state index in [1.807, 2.05) is 30.0 Å². The van der Waals surface area contributed by atoms with Crippen LogP contribution in [-0.2, 0) is 16.0 Å². The highest BCUT2D eigenvalue weighted by molar-refractivity contribution is 5.78. The van der Waals surface area contributed by atoms with Gasteiger partial charge in [0.05, 0.1) is 0 Å². The Kier molecular flexibility index (Phi) is 4.88. The van der Waals surface area contributed by atoms with Gasteiger partial charge < -0.3 is 9.80 Å². The standard InChI is InChI=1S/C19H25FN2O2/c1-21-12-15-10-17(9-14(15)11-19(21)24)22(2)18(23)7-6-13-4-3-5-16(20)8-13/h3-5,8,14-15,17H,6-7,9-12H2,1-2H3/t14-,15+,17-/m1/s1. The molecular formula is C19H25FN2O2. The van der Waals surface area contributed by atoms with Gasteiger partial charge in [-0.1, -0.05) is 12.1 Å². The predicted molar refractivity (Wildman–Crippen MR) is 89.7 cm³/mol. The van der Waals surface area contributed by atoms with Crippen molar-refractivity contribution in [2.75, 3.05) is 20.6 Å². The molecule has 0 aromatic heterocycles. The Balaban J connectivity index is 1.54. The van der Waals surface area contributed by atoms with Gasteiger partial charge in [0, 0.05) is 39.5 Å². The molecule has 1 saturated carbocycles. The van der Waals surface area contributed by atoms with E-state index in [4.69, 9.17) is 0 Å². The minimum absolute atomic E-state index is 0.0996. The normalized spacial score (nSPS) is 26.4. The van der Waals surface area contributed by atoms with E-state index in [1.54, 1.807) is 6.07 Å². The first kappa shape index (κ1) is 16.9. The number of carbonyl (C=O) groups is 2. The number of aryl methyl sites for hydroxylation is 1. The first-order valence-corrected chi connectivity index (χ1v) is 8.68. The van der Waals surface area contributed by atoms with Crippen LogP contribution in [0.1, 0.15) is 31.2 Å². The van der Waals surface area contributed by atoms with E-state index in [-0.39, 0.29) is 23.7 Å². The lowest BCUT2D eigenvalue weighted by Gasteiger charge is -2.31. The molecule has 0 spiro atoms. The summed E-state index contributed by atoms with van der Waals surface area (Å²) >= 11 is 0. The minimum atomic E-state index is -0.262. The smallest absolute Gasteiger partial charge is 0.222 e. The number of amides is 2. The monoisotopic (exact) mass is 332 g/mol.